The highest BCUT2D eigenvalue weighted by Crippen LogP contribution is 2.29. The number of methoxy groups -OCH3 is 1. The molecule has 1 amide bonds. The van der Waals surface area contributed by atoms with E-state index >= 15 is 0 Å². The summed E-state index contributed by atoms with van der Waals surface area (Å²) >= 11 is 3.07. The van der Waals surface area contributed by atoms with E-state index in [2.05, 4.69) is 32.6 Å². The van der Waals surface area contributed by atoms with Crippen molar-refractivity contribution in [2.24, 2.45) is 0 Å². The highest BCUT2D eigenvalue weighted by atomic mass is 79.9. The number of rotatable bonds is 5. The fourth-order valence-corrected chi connectivity index (χ4v) is 1.93. The highest BCUT2D eigenvalue weighted by molar-refractivity contribution is 9.11. The molecule has 8 heteroatoms. The van der Waals surface area contributed by atoms with Crippen molar-refractivity contribution in [3.63, 3.8) is 0 Å². The molecule has 0 aliphatic heterocycles. The van der Waals surface area contributed by atoms with Gasteiger partial charge in [-0.25, -0.2) is 4.79 Å². The summed E-state index contributed by atoms with van der Waals surface area (Å²) in [7, 11) is 1.16. The van der Waals surface area contributed by atoms with Crippen LogP contribution in [0.3, 0.4) is 0 Å². The Labute approximate surface area is 133 Å². The van der Waals surface area contributed by atoms with Crippen LogP contribution in [-0.2, 0) is 15.7 Å². The van der Waals surface area contributed by atoms with E-state index in [0.717, 1.165) is 31.4 Å². The van der Waals surface area contributed by atoms with Gasteiger partial charge in [-0.2, -0.15) is 13.2 Å². The monoisotopic (exact) mass is 379 g/mol. The fourth-order valence-electron chi connectivity index (χ4n) is 1.61. The average Bonchev–Trinajstić information content (AvgIpc) is 2.44. The van der Waals surface area contributed by atoms with Crippen LogP contribution in [-0.4, -0.2) is 25.0 Å². The van der Waals surface area contributed by atoms with Crippen LogP contribution in [0.15, 0.2) is 35.3 Å². The van der Waals surface area contributed by atoms with Gasteiger partial charge in [-0.15, -0.1) is 0 Å². The van der Waals surface area contributed by atoms with E-state index in [1.54, 1.807) is 0 Å². The Hall–Kier alpha value is -1.83. The summed E-state index contributed by atoms with van der Waals surface area (Å²) in [6, 6.07) is 2.69. The number of carbonyl (C=O) groups is 2. The molecule has 120 valence electrons. The van der Waals surface area contributed by atoms with Crippen molar-refractivity contribution < 1.29 is 27.5 Å². The van der Waals surface area contributed by atoms with E-state index in [1.807, 2.05) is 0 Å². The number of amides is 1. The Balaban J connectivity index is 2.86. The molecule has 1 N–H and O–H groups in total. The number of hydrogen-bond acceptors (Lipinski definition) is 3. The maximum Gasteiger partial charge on any atom is 0.416 e. The predicted octanol–water partition coefficient (Wildman–Crippen LogP) is 3.28. The first-order valence-corrected chi connectivity index (χ1v) is 6.83. The van der Waals surface area contributed by atoms with Gasteiger partial charge in [0.25, 0.3) is 5.91 Å². The summed E-state index contributed by atoms with van der Waals surface area (Å²) in [5, 5.41) is 2.39. The summed E-state index contributed by atoms with van der Waals surface area (Å²) < 4.78 is 42.4. The van der Waals surface area contributed by atoms with Gasteiger partial charge in [0.2, 0.25) is 0 Å². The first kappa shape index (κ1) is 18.2. The first-order chi connectivity index (χ1) is 10.1. The lowest BCUT2D eigenvalue weighted by Crippen LogP contribution is -2.41. The Morgan fingerprint density at radius 3 is 2.27 bits per heavy atom. The Bertz CT molecular complexity index is 570. The second-order valence-electron chi connectivity index (χ2n) is 4.35. The SMILES string of the molecule is C=C(Br)C[C@@H](NC(=O)c1ccc(C(F)(F)F)cc1)C(=O)OC. The van der Waals surface area contributed by atoms with Gasteiger partial charge < -0.3 is 10.1 Å². The summed E-state index contributed by atoms with van der Waals surface area (Å²) in [4.78, 5) is 23.5. The Morgan fingerprint density at radius 2 is 1.86 bits per heavy atom. The zero-order valence-corrected chi connectivity index (χ0v) is 13.1. The lowest BCUT2D eigenvalue weighted by molar-refractivity contribution is -0.142. The summed E-state index contributed by atoms with van der Waals surface area (Å²) in [6.07, 6.45) is -4.38. The van der Waals surface area contributed by atoms with E-state index in [0.29, 0.717) is 4.48 Å². The fraction of sp³-hybridized carbons (Fsp3) is 0.286. The number of esters is 1. The number of alkyl halides is 3. The summed E-state index contributed by atoms with van der Waals surface area (Å²) in [6.45, 7) is 3.56. The maximum atomic E-state index is 12.4. The zero-order chi connectivity index (χ0) is 16.9. The lowest BCUT2D eigenvalue weighted by atomic mass is 10.1. The average molecular weight is 380 g/mol. The zero-order valence-electron chi connectivity index (χ0n) is 11.5. The third kappa shape index (κ3) is 5.18. The van der Waals surface area contributed by atoms with Gasteiger partial charge in [0.05, 0.1) is 12.7 Å². The molecule has 0 fully saturated rings. The van der Waals surface area contributed by atoms with Gasteiger partial charge in [0.1, 0.15) is 6.04 Å². The molecule has 0 heterocycles. The van der Waals surface area contributed by atoms with Crippen molar-refractivity contribution in [2.45, 2.75) is 18.6 Å². The minimum Gasteiger partial charge on any atom is -0.467 e. The number of carbonyl (C=O) groups excluding carboxylic acids is 2. The maximum absolute atomic E-state index is 12.4. The Kier molecular flexibility index (Phi) is 6.16. The number of halogens is 4. The van der Waals surface area contributed by atoms with Crippen LogP contribution in [0.2, 0.25) is 0 Å². The van der Waals surface area contributed by atoms with Crippen LogP contribution >= 0.6 is 15.9 Å². The van der Waals surface area contributed by atoms with Gasteiger partial charge in [0.15, 0.2) is 0 Å². The number of nitrogens with one attached hydrogen (secondary N) is 1. The second kappa shape index (κ2) is 7.44. The molecule has 1 aromatic rings. The molecular formula is C14H13BrF3NO3. The predicted molar refractivity (Wildman–Crippen MR) is 77.4 cm³/mol. The largest absolute Gasteiger partial charge is 0.467 e. The minimum atomic E-state index is -4.47. The van der Waals surface area contributed by atoms with Crippen molar-refractivity contribution in [1.82, 2.24) is 5.32 Å². The second-order valence-corrected chi connectivity index (χ2v) is 5.47. The van der Waals surface area contributed by atoms with Gasteiger partial charge in [-0.1, -0.05) is 22.5 Å². The van der Waals surface area contributed by atoms with Gasteiger partial charge in [-0.05, 0) is 28.7 Å². The molecule has 0 saturated heterocycles. The van der Waals surface area contributed by atoms with Crippen LogP contribution in [0.25, 0.3) is 0 Å². The first-order valence-electron chi connectivity index (χ1n) is 6.04. The normalized spacial score (nSPS) is 12.4. The highest BCUT2D eigenvalue weighted by Gasteiger charge is 2.30. The van der Waals surface area contributed by atoms with Crippen LogP contribution in [0, 0.1) is 0 Å². The molecule has 0 aliphatic carbocycles. The van der Waals surface area contributed by atoms with Crippen molar-refractivity contribution in [3.8, 4) is 0 Å². The van der Waals surface area contributed by atoms with Crippen molar-refractivity contribution in [1.29, 1.82) is 0 Å². The summed E-state index contributed by atoms with van der Waals surface area (Å²) in [5.41, 5.74) is -0.857. The molecule has 0 saturated carbocycles. The van der Waals surface area contributed by atoms with Crippen molar-refractivity contribution in [3.05, 3.63) is 46.5 Å². The number of ether oxygens (including phenoxy) is 1. The number of hydrogen-bond donors (Lipinski definition) is 1. The molecule has 0 aromatic heterocycles. The Morgan fingerprint density at radius 1 is 1.32 bits per heavy atom. The molecule has 1 aromatic carbocycles. The quantitative estimate of drug-likeness (QED) is 0.798. The third-order valence-corrected chi connectivity index (χ3v) is 3.01. The molecule has 0 bridgehead atoms. The molecule has 22 heavy (non-hydrogen) atoms. The smallest absolute Gasteiger partial charge is 0.416 e. The lowest BCUT2D eigenvalue weighted by Gasteiger charge is -2.16. The van der Waals surface area contributed by atoms with Crippen molar-refractivity contribution >= 4 is 27.8 Å². The van der Waals surface area contributed by atoms with E-state index in [9.17, 15) is 22.8 Å². The summed E-state index contributed by atoms with van der Waals surface area (Å²) in [5.74, 6) is -1.36. The molecule has 0 aliphatic rings. The van der Waals surface area contributed by atoms with E-state index in [-0.39, 0.29) is 12.0 Å². The van der Waals surface area contributed by atoms with Gasteiger partial charge in [0, 0.05) is 12.0 Å². The van der Waals surface area contributed by atoms with E-state index < -0.39 is 29.7 Å². The molecular weight excluding hydrogens is 367 g/mol. The van der Waals surface area contributed by atoms with Crippen LogP contribution in [0.1, 0.15) is 22.3 Å². The standard InChI is InChI=1S/C14H13BrF3NO3/c1-8(15)7-11(13(21)22-2)19-12(20)9-3-5-10(6-4-9)14(16,17)18/h3-6,11H,1,7H2,2H3,(H,19,20)/t11-/m1/s1. The number of benzene rings is 1. The van der Waals surface area contributed by atoms with Crippen LogP contribution in [0.5, 0.6) is 0 Å². The molecule has 1 atom stereocenters. The third-order valence-electron chi connectivity index (χ3n) is 2.69. The molecule has 0 unspecified atom stereocenters. The molecule has 0 spiro atoms. The molecule has 0 radical (unpaired) electrons. The van der Waals surface area contributed by atoms with E-state index in [4.69, 9.17) is 0 Å². The molecule has 4 nitrogen and oxygen atoms in total. The van der Waals surface area contributed by atoms with Gasteiger partial charge >= 0.3 is 12.1 Å². The van der Waals surface area contributed by atoms with E-state index in [1.165, 1.54) is 0 Å². The topological polar surface area (TPSA) is 55.4 Å². The minimum absolute atomic E-state index is 0.00193. The molecule has 1 rings (SSSR count). The van der Waals surface area contributed by atoms with Crippen LogP contribution in [0.4, 0.5) is 13.2 Å². The van der Waals surface area contributed by atoms with Crippen molar-refractivity contribution in [2.75, 3.05) is 7.11 Å². The van der Waals surface area contributed by atoms with Crippen LogP contribution < -0.4 is 5.32 Å². The van der Waals surface area contributed by atoms with Gasteiger partial charge in [-0.3, -0.25) is 4.79 Å².